The van der Waals surface area contributed by atoms with Gasteiger partial charge in [-0.25, -0.2) is 12.8 Å². The number of benzene rings is 3. The number of anilines is 1. The van der Waals surface area contributed by atoms with E-state index in [2.05, 4.69) is 5.32 Å². The van der Waals surface area contributed by atoms with Gasteiger partial charge in [-0.3, -0.25) is 4.79 Å². The summed E-state index contributed by atoms with van der Waals surface area (Å²) in [7, 11) is -2.16. The minimum absolute atomic E-state index is 0.121. The zero-order chi connectivity index (χ0) is 21.0. The van der Waals surface area contributed by atoms with Gasteiger partial charge in [0, 0.05) is 24.8 Å². The first kappa shape index (κ1) is 20.7. The van der Waals surface area contributed by atoms with Crippen LogP contribution in [0.2, 0.25) is 0 Å². The van der Waals surface area contributed by atoms with Crippen LogP contribution < -0.4 is 5.32 Å². The third-order valence-electron chi connectivity index (χ3n) is 4.51. The molecule has 0 fully saturated rings. The number of hydrogen-bond donors (Lipinski definition) is 1. The average molecular weight is 412 g/mol. The molecule has 3 rings (SSSR count). The highest BCUT2D eigenvalue weighted by Crippen LogP contribution is 2.20. The van der Waals surface area contributed by atoms with Crippen molar-refractivity contribution in [3.63, 3.8) is 0 Å². The molecular weight excluding hydrogens is 391 g/mol. The van der Waals surface area contributed by atoms with E-state index in [9.17, 15) is 17.6 Å². The van der Waals surface area contributed by atoms with E-state index in [4.69, 9.17) is 0 Å². The van der Waals surface area contributed by atoms with Crippen LogP contribution in [-0.2, 0) is 16.6 Å². The SMILES string of the molecule is Cc1ccc(F)cc1C(=O)Nc1ccc(S(=O)(=O)N(C)Cc2ccccc2)cc1. The zero-order valence-corrected chi connectivity index (χ0v) is 16.9. The lowest BCUT2D eigenvalue weighted by molar-refractivity contribution is 0.102. The van der Waals surface area contributed by atoms with Crippen LogP contribution in [-0.4, -0.2) is 25.7 Å². The molecule has 0 aliphatic rings. The summed E-state index contributed by atoms with van der Waals surface area (Å²) in [6.45, 7) is 1.97. The van der Waals surface area contributed by atoms with E-state index in [0.717, 1.165) is 5.56 Å². The van der Waals surface area contributed by atoms with Crippen molar-refractivity contribution < 1.29 is 17.6 Å². The lowest BCUT2D eigenvalue weighted by Crippen LogP contribution is -2.26. The van der Waals surface area contributed by atoms with Crippen molar-refractivity contribution in [3.05, 3.63) is 95.3 Å². The van der Waals surface area contributed by atoms with Crippen LogP contribution in [0.5, 0.6) is 0 Å². The first-order valence-corrected chi connectivity index (χ1v) is 10.4. The smallest absolute Gasteiger partial charge is 0.256 e. The topological polar surface area (TPSA) is 66.5 Å². The standard InChI is InChI=1S/C22H21FN2O3S/c1-16-8-9-18(23)14-21(16)22(26)24-19-10-12-20(13-11-19)29(27,28)25(2)15-17-6-4-3-5-7-17/h3-14H,15H2,1-2H3,(H,24,26). The quantitative estimate of drug-likeness (QED) is 0.660. The van der Waals surface area contributed by atoms with Gasteiger partial charge >= 0.3 is 0 Å². The summed E-state index contributed by atoms with van der Waals surface area (Å²) in [5, 5.41) is 2.66. The molecule has 5 nitrogen and oxygen atoms in total. The Bertz CT molecular complexity index is 1110. The molecule has 0 atom stereocenters. The molecule has 0 unspecified atom stereocenters. The summed E-state index contributed by atoms with van der Waals surface area (Å²) in [5.41, 5.74) is 2.17. The lowest BCUT2D eigenvalue weighted by Gasteiger charge is -2.17. The molecule has 0 spiro atoms. The third-order valence-corrected chi connectivity index (χ3v) is 6.33. The van der Waals surface area contributed by atoms with E-state index in [-0.39, 0.29) is 17.0 Å². The molecule has 3 aromatic carbocycles. The molecule has 0 heterocycles. The van der Waals surface area contributed by atoms with Crippen LogP contribution in [0.3, 0.4) is 0 Å². The van der Waals surface area contributed by atoms with Crippen molar-refractivity contribution in [2.75, 3.05) is 12.4 Å². The summed E-state index contributed by atoms with van der Waals surface area (Å²) >= 11 is 0. The van der Waals surface area contributed by atoms with E-state index < -0.39 is 21.7 Å². The number of aryl methyl sites for hydroxylation is 1. The van der Waals surface area contributed by atoms with Gasteiger partial charge in [0.05, 0.1) is 4.90 Å². The lowest BCUT2D eigenvalue weighted by atomic mass is 10.1. The highest BCUT2D eigenvalue weighted by Gasteiger charge is 2.21. The number of sulfonamides is 1. The molecule has 1 amide bonds. The first-order valence-electron chi connectivity index (χ1n) is 8.95. The molecule has 0 radical (unpaired) electrons. The Morgan fingerprint density at radius 1 is 1.00 bits per heavy atom. The molecule has 7 heteroatoms. The molecule has 29 heavy (non-hydrogen) atoms. The Morgan fingerprint density at radius 3 is 2.31 bits per heavy atom. The molecule has 0 bridgehead atoms. The van der Waals surface area contributed by atoms with Crippen molar-refractivity contribution in [2.24, 2.45) is 0 Å². The van der Waals surface area contributed by atoms with Crippen molar-refractivity contribution >= 4 is 21.6 Å². The normalized spacial score (nSPS) is 11.4. The second-order valence-electron chi connectivity index (χ2n) is 6.68. The fourth-order valence-corrected chi connectivity index (χ4v) is 4.01. The van der Waals surface area contributed by atoms with Crippen LogP contribution in [0.1, 0.15) is 21.5 Å². The molecule has 0 aliphatic heterocycles. The van der Waals surface area contributed by atoms with Gasteiger partial charge in [-0.1, -0.05) is 36.4 Å². The number of amides is 1. The van der Waals surface area contributed by atoms with Gasteiger partial charge < -0.3 is 5.32 Å². The van der Waals surface area contributed by atoms with Crippen LogP contribution >= 0.6 is 0 Å². The number of carbonyl (C=O) groups excluding carboxylic acids is 1. The van der Waals surface area contributed by atoms with Gasteiger partial charge in [0.2, 0.25) is 10.0 Å². The van der Waals surface area contributed by atoms with Gasteiger partial charge in [0.1, 0.15) is 5.82 Å². The molecule has 1 N–H and O–H groups in total. The maximum absolute atomic E-state index is 13.4. The van der Waals surface area contributed by atoms with Crippen LogP contribution in [0, 0.1) is 12.7 Å². The van der Waals surface area contributed by atoms with Gasteiger partial charge in [-0.15, -0.1) is 0 Å². The Morgan fingerprint density at radius 2 is 1.66 bits per heavy atom. The number of carbonyl (C=O) groups is 1. The molecular formula is C22H21FN2O3S. The molecule has 3 aromatic rings. The number of nitrogens with one attached hydrogen (secondary N) is 1. The Kier molecular flexibility index (Phi) is 6.10. The van der Waals surface area contributed by atoms with E-state index in [1.165, 1.54) is 53.8 Å². The Labute approximate surface area is 169 Å². The summed E-state index contributed by atoms with van der Waals surface area (Å²) in [4.78, 5) is 12.5. The summed E-state index contributed by atoms with van der Waals surface area (Å²) in [6.07, 6.45) is 0. The second kappa shape index (κ2) is 8.55. The monoisotopic (exact) mass is 412 g/mol. The maximum Gasteiger partial charge on any atom is 0.256 e. The van der Waals surface area contributed by atoms with E-state index >= 15 is 0 Å². The predicted molar refractivity (Wildman–Crippen MR) is 111 cm³/mol. The molecule has 150 valence electrons. The minimum Gasteiger partial charge on any atom is -0.322 e. The first-order chi connectivity index (χ1) is 13.8. The summed E-state index contributed by atoms with van der Waals surface area (Å²) < 4.78 is 40.2. The fraction of sp³-hybridized carbons (Fsp3) is 0.136. The number of nitrogens with zero attached hydrogens (tertiary/aromatic N) is 1. The van der Waals surface area contributed by atoms with Gasteiger partial charge in [0.25, 0.3) is 5.91 Å². The fourth-order valence-electron chi connectivity index (χ4n) is 2.85. The molecule has 0 saturated heterocycles. The zero-order valence-electron chi connectivity index (χ0n) is 16.1. The van der Waals surface area contributed by atoms with Crippen LogP contribution in [0.15, 0.2) is 77.7 Å². The van der Waals surface area contributed by atoms with Gasteiger partial charge in [-0.05, 0) is 54.4 Å². The predicted octanol–water partition coefficient (Wildman–Crippen LogP) is 4.21. The minimum atomic E-state index is -3.68. The Balaban J connectivity index is 1.73. The van der Waals surface area contributed by atoms with Crippen molar-refractivity contribution in [1.29, 1.82) is 0 Å². The maximum atomic E-state index is 13.4. The average Bonchev–Trinajstić information content (AvgIpc) is 2.71. The highest BCUT2D eigenvalue weighted by molar-refractivity contribution is 7.89. The van der Waals surface area contributed by atoms with Crippen LogP contribution in [0.4, 0.5) is 10.1 Å². The van der Waals surface area contributed by atoms with Crippen LogP contribution in [0.25, 0.3) is 0 Å². The number of hydrogen-bond acceptors (Lipinski definition) is 3. The molecule has 0 saturated carbocycles. The van der Waals surface area contributed by atoms with Crippen molar-refractivity contribution in [3.8, 4) is 0 Å². The Hall–Kier alpha value is -3.03. The molecule has 0 aliphatic carbocycles. The largest absolute Gasteiger partial charge is 0.322 e. The van der Waals surface area contributed by atoms with Gasteiger partial charge in [0.15, 0.2) is 0 Å². The molecule has 0 aromatic heterocycles. The van der Waals surface area contributed by atoms with Crippen molar-refractivity contribution in [2.45, 2.75) is 18.4 Å². The van der Waals surface area contributed by atoms with Crippen molar-refractivity contribution in [1.82, 2.24) is 4.31 Å². The van der Waals surface area contributed by atoms with Gasteiger partial charge in [-0.2, -0.15) is 4.31 Å². The van der Waals surface area contributed by atoms with E-state index in [0.29, 0.717) is 11.3 Å². The second-order valence-corrected chi connectivity index (χ2v) is 8.73. The van der Waals surface area contributed by atoms with E-state index in [1.54, 1.807) is 6.92 Å². The number of rotatable bonds is 6. The number of halogens is 1. The summed E-state index contributed by atoms with van der Waals surface area (Å²) in [6, 6.07) is 19.2. The summed E-state index contributed by atoms with van der Waals surface area (Å²) in [5.74, 6) is -0.956. The third kappa shape index (κ3) is 4.88. The van der Waals surface area contributed by atoms with E-state index in [1.807, 2.05) is 30.3 Å². The highest BCUT2D eigenvalue weighted by atomic mass is 32.2.